The van der Waals surface area contributed by atoms with Gasteiger partial charge < -0.3 is 25.6 Å². The van der Waals surface area contributed by atoms with E-state index in [2.05, 4.69) is 15.4 Å². The van der Waals surface area contributed by atoms with E-state index in [1.807, 2.05) is 0 Å². The van der Waals surface area contributed by atoms with Crippen LogP contribution in [-0.4, -0.2) is 58.1 Å². The van der Waals surface area contributed by atoms with Crippen LogP contribution in [0.3, 0.4) is 0 Å². The van der Waals surface area contributed by atoms with Crippen LogP contribution in [0.1, 0.15) is 47.4 Å². The van der Waals surface area contributed by atoms with Gasteiger partial charge in [0.05, 0.1) is 54.3 Å². The number of hydrogen-bond acceptors (Lipinski definition) is 7. The number of methoxy groups -OCH3 is 1. The zero-order valence-corrected chi connectivity index (χ0v) is 24.8. The van der Waals surface area contributed by atoms with Crippen molar-refractivity contribution < 1.29 is 41.7 Å². The zero-order chi connectivity index (χ0) is 32.7. The number of nitrogens with zero attached hydrogens (tertiary/aromatic N) is 3. The molecule has 2 amide bonds. The van der Waals surface area contributed by atoms with Crippen LogP contribution in [0.2, 0.25) is 5.02 Å². The van der Waals surface area contributed by atoms with E-state index in [0.29, 0.717) is 16.7 Å². The number of halogens is 5. The number of nitrogens with two attached hydrogens (primary N) is 1. The summed E-state index contributed by atoms with van der Waals surface area (Å²) < 4.78 is 70.8. The summed E-state index contributed by atoms with van der Waals surface area (Å²) in [5.41, 5.74) is 0.641. The van der Waals surface area contributed by atoms with Crippen molar-refractivity contribution in [1.82, 2.24) is 20.1 Å². The Bertz CT molecular complexity index is 1790. The first kappa shape index (κ1) is 32.0. The molecular formula is C30H28ClF4N5O5. The number of carbonyl (C=O) groups is 2. The van der Waals surface area contributed by atoms with Crippen molar-refractivity contribution in [3.63, 3.8) is 0 Å². The molecule has 10 nitrogen and oxygen atoms in total. The van der Waals surface area contributed by atoms with Gasteiger partial charge >= 0.3 is 6.18 Å². The summed E-state index contributed by atoms with van der Waals surface area (Å²) in [4.78, 5) is 29.2. The molecule has 4 aromatic rings. The molecule has 0 bridgehead atoms. The number of benzene rings is 2. The van der Waals surface area contributed by atoms with Gasteiger partial charge in [-0.15, -0.1) is 0 Å². The molecule has 0 radical (unpaired) electrons. The molecule has 0 saturated heterocycles. The topological polar surface area (TPSA) is 142 Å². The lowest BCUT2D eigenvalue weighted by Gasteiger charge is -2.31. The normalized spacial score (nSPS) is 14.7. The largest absolute Gasteiger partial charge is 0.496 e. The summed E-state index contributed by atoms with van der Waals surface area (Å²) in [5.74, 6) is -2.47. The predicted molar refractivity (Wildman–Crippen MR) is 156 cm³/mol. The van der Waals surface area contributed by atoms with Gasteiger partial charge in [-0.1, -0.05) is 11.6 Å². The third-order valence-electron chi connectivity index (χ3n) is 7.30. The molecule has 4 N–H and O–H groups in total. The lowest BCUT2D eigenvalue weighted by molar-refractivity contribution is -0.265. The van der Waals surface area contributed by atoms with Crippen LogP contribution < -0.4 is 20.5 Å². The fraction of sp³-hybridized carbons (Fsp3) is 0.333. The Labute approximate surface area is 259 Å². The molecule has 1 saturated carbocycles. The maximum Gasteiger partial charge on any atom is 0.424 e. The molecule has 1 fully saturated rings. The first-order chi connectivity index (χ1) is 21.2. The smallest absolute Gasteiger partial charge is 0.424 e. The second-order valence-corrected chi connectivity index (χ2v) is 10.9. The molecule has 0 spiro atoms. The average molecular weight is 650 g/mol. The Morgan fingerprint density at radius 2 is 1.93 bits per heavy atom. The number of amides is 2. The van der Waals surface area contributed by atoms with Crippen LogP contribution >= 0.6 is 11.6 Å². The van der Waals surface area contributed by atoms with E-state index in [4.69, 9.17) is 26.8 Å². The summed E-state index contributed by atoms with van der Waals surface area (Å²) in [6.07, 6.45) is -2.27. The number of alkyl halides is 3. The highest BCUT2D eigenvalue weighted by atomic mass is 35.5. The standard InChI is InChI=1S/C30H28ClF4N5O5/c1-3-45-27-16(12-25(36)41)11-24(38-26(27)15-4-7-21(32)20(31)8-15)29(43,30(33,34)35)14-37-28(42)17-9-22-19(23(10-17)44-2)13-40(39-22)18-5-6-18/h4,7-11,13,18,43H,3,5-6,12,14H2,1-2H3,(H2,36,41)(H,37,42)/t29-/m0/s1. The lowest BCUT2D eigenvalue weighted by Crippen LogP contribution is -2.51. The van der Waals surface area contributed by atoms with E-state index < -0.39 is 48.1 Å². The summed E-state index contributed by atoms with van der Waals surface area (Å²) in [6, 6.07) is 7.13. The molecule has 2 aromatic heterocycles. The number of rotatable bonds is 11. The molecule has 238 valence electrons. The van der Waals surface area contributed by atoms with Crippen molar-refractivity contribution >= 4 is 34.3 Å². The minimum Gasteiger partial charge on any atom is -0.496 e. The third-order valence-corrected chi connectivity index (χ3v) is 7.59. The second kappa shape index (κ2) is 12.2. The lowest BCUT2D eigenvalue weighted by atomic mass is 9.93. The fourth-order valence-electron chi connectivity index (χ4n) is 4.84. The minimum absolute atomic E-state index is 0.0149. The van der Waals surface area contributed by atoms with Crippen LogP contribution in [0, 0.1) is 5.82 Å². The highest BCUT2D eigenvalue weighted by molar-refractivity contribution is 6.31. The molecule has 15 heteroatoms. The highest BCUT2D eigenvalue weighted by Crippen LogP contribution is 2.42. The molecule has 45 heavy (non-hydrogen) atoms. The quantitative estimate of drug-likeness (QED) is 0.198. The molecule has 1 atom stereocenters. The van der Waals surface area contributed by atoms with Crippen LogP contribution in [0.4, 0.5) is 17.6 Å². The number of aromatic nitrogens is 3. The second-order valence-electron chi connectivity index (χ2n) is 10.5. The first-order valence-corrected chi connectivity index (χ1v) is 14.2. The van der Waals surface area contributed by atoms with Crippen LogP contribution in [0.15, 0.2) is 42.6 Å². The van der Waals surface area contributed by atoms with Gasteiger partial charge in [-0.05, 0) is 56.2 Å². The Morgan fingerprint density at radius 1 is 1.20 bits per heavy atom. The summed E-state index contributed by atoms with van der Waals surface area (Å²) in [5, 5.41) is 18.1. The first-order valence-electron chi connectivity index (χ1n) is 13.8. The van der Waals surface area contributed by atoms with E-state index in [-0.39, 0.29) is 45.8 Å². The molecule has 0 unspecified atom stereocenters. The maximum absolute atomic E-state index is 14.7. The predicted octanol–water partition coefficient (Wildman–Crippen LogP) is 4.84. The van der Waals surface area contributed by atoms with Gasteiger partial charge in [-0.3, -0.25) is 14.3 Å². The SMILES string of the molecule is CCOc1c(CC(N)=O)cc([C@@](O)(CNC(=O)c2cc(OC)c3cn(C4CC4)nc3c2)C(F)(F)F)nc1-c1ccc(F)c(Cl)c1. The van der Waals surface area contributed by atoms with Gasteiger partial charge in [0.2, 0.25) is 11.5 Å². The summed E-state index contributed by atoms with van der Waals surface area (Å²) in [6.45, 7) is 0.238. The Balaban J connectivity index is 1.56. The van der Waals surface area contributed by atoms with Gasteiger partial charge in [0, 0.05) is 22.9 Å². The molecular weight excluding hydrogens is 622 g/mol. The number of ether oxygens (including phenoxy) is 2. The number of pyridine rings is 1. The van der Waals surface area contributed by atoms with Crippen LogP contribution in [-0.2, 0) is 16.8 Å². The van der Waals surface area contributed by atoms with Gasteiger partial charge in [0.1, 0.15) is 23.0 Å². The molecule has 1 aliphatic carbocycles. The molecule has 1 aliphatic rings. The van der Waals surface area contributed by atoms with Gasteiger partial charge in [-0.2, -0.15) is 18.3 Å². The third kappa shape index (κ3) is 6.38. The number of carbonyl (C=O) groups excluding carboxylic acids is 2. The fourth-order valence-corrected chi connectivity index (χ4v) is 5.02. The molecule has 0 aliphatic heterocycles. The maximum atomic E-state index is 14.7. The highest BCUT2D eigenvalue weighted by Gasteiger charge is 2.56. The number of nitrogens with one attached hydrogen (secondary N) is 1. The zero-order valence-electron chi connectivity index (χ0n) is 24.0. The van der Waals surface area contributed by atoms with E-state index in [1.165, 1.54) is 25.3 Å². The monoisotopic (exact) mass is 649 g/mol. The number of fused-ring (bicyclic) bond motifs is 1. The summed E-state index contributed by atoms with van der Waals surface area (Å²) in [7, 11) is 1.39. The van der Waals surface area contributed by atoms with Crippen molar-refractivity contribution in [3.8, 4) is 22.8 Å². The molecule has 2 aromatic carbocycles. The van der Waals surface area contributed by atoms with E-state index >= 15 is 0 Å². The van der Waals surface area contributed by atoms with Crippen molar-refractivity contribution in [2.24, 2.45) is 5.73 Å². The number of hydrogen-bond donors (Lipinski definition) is 3. The summed E-state index contributed by atoms with van der Waals surface area (Å²) >= 11 is 5.93. The Kier molecular flexibility index (Phi) is 8.64. The van der Waals surface area contributed by atoms with Crippen LogP contribution in [0.25, 0.3) is 22.2 Å². The van der Waals surface area contributed by atoms with Crippen molar-refractivity contribution in [2.45, 2.75) is 44.0 Å². The van der Waals surface area contributed by atoms with E-state index in [1.54, 1.807) is 17.8 Å². The van der Waals surface area contributed by atoms with Crippen molar-refractivity contribution in [2.75, 3.05) is 20.3 Å². The average Bonchev–Trinajstić information content (AvgIpc) is 3.75. The van der Waals surface area contributed by atoms with Crippen LogP contribution in [0.5, 0.6) is 11.5 Å². The van der Waals surface area contributed by atoms with E-state index in [0.717, 1.165) is 31.0 Å². The number of aliphatic hydroxyl groups is 1. The van der Waals surface area contributed by atoms with Crippen molar-refractivity contribution in [1.29, 1.82) is 0 Å². The van der Waals surface area contributed by atoms with Gasteiger partial charge in [0.15, 0.2) is 0 Å². The Morgan fingerprint density at radius 3 is 2.53 bits per heavy atom. The van der Waals surface area contributed by atoms with Gasteiger partial charge in [0.25, 0.3) is 5.91 Å². The van der Waals surface area contributed by atoms with Gasteiger partial charge in [-0.25, -0.2) is 9.37 Å². The van der Waals surface area contributed by atoms with E-state index in [9.17, 15) is 32.3 Å². The Hall–Kier alpha value is -4.43. The van der Waals surface area contributed by atoms with Crippen molar-refractivity contribution in [3.05, 3.63) is 70.3 Å². The molecule has 2 heterocycles. The number of primary amides is 1. The minimum atomic E-state index is -5.38. The molecule has 5 rings (SSSR count).